The number of ether oxygens (including phenoxy) is 2. The van der Waals surface area contributed by atoms with E-state index in [1.807, 2.05) is 20.8 Å². The van der Waals surface area contributed by atoms with Crippen LogP contribution >= 0.6 is 0 Å². The van der Waals surface area contributed by atoms with Gasteiger partial charge >= 0.3 is 0 Å². The number of aliphatic hydroxyl groups is 1. The predicted octanol–water partition coefficient (Wildman–Crippen LogP) is 2.93. The fourth-order valence-corrected chi connectivity index (χ4v) is 2.92. The number of benzene rings is 1. The highest BCUT2D eigenvalue weighted by Crippen LogP contribution is 2.41. The fraction of sp³-hybridized carbons (Fsp3) is 0.600. The molecular weight excluding hydrogens is 247 g/mol. The second kappa shape index (κ2) is 5.47. The summed E-state index contributed by atoms with van der Waals surface area (Å²) in [5.41, 5.74) is 0.308. The van der Waals surface area contributed by atoms with E-state index in [2.05, 4.69) is 0 Å². The molecule has 1 aliphatic rings. The smallest absolute Gasteiger partial charge is 0.132 e. The van der Waals surface area contributed by atoms with Gasteiger partial charge in [0.15, 0.2) is 0 Å². The lowest BCUT2D eigenvalue weighted by Gasteiger charge is -2.25. The Morgan fingerprint density at radius 2 is 1.95 bits per heavy atom. The Bertz CT molecular complexity index is 449. The molecule has 1 aromatic carbocycles. The molecule has 0 aromatic heterocycles. The molecule has 5 atom stereocenters. The summed E-state index contributed by atoms with van der Waals surface area (Å²) in [7, 11) is 1.49. The predicted molar refractivity (Wildman–Crippen MR) is 70.6 cm³/mol. The van der Waals surface area contributed by atoms with E-state index in [0.717, 1.165) is 0 Å². The molecule has 0 amide bonds. The van der Waals surface area contributed by atoms with Crippen LogP contribution in [0.5, 0.6) is 5.75 Å². The van der Waals surface area contributed by atoms with Crippen molar-refractivity contribution < 1.29 is 19.0 Å². The maximum absolute atomic E-state index is 14.0. The van der Waals surface area contributed by atoms with Gasteiger partial charge < -0.3 is 14.6 Å². The van der Waals surface area contributed by atoms with Gasteiger partial charge in [-0.3, -0.25) is 0 Å². The van der Waals surface area contributed by atoms with E-state index in [4.69, 9.17) is 9.47 Å². The van der Waals surface area contributed by atoms with E-state index in [1.165, 1.54) is 13.2 Å². The van der Waals surface area contributed by atoms with E-state index in [1.54, 1.807) is 12.1 Å². The zero-order valence-corrected chi connectivity index (χ0v) is 11.8. The van der Waals surface area contributed by atoms with E-state index < -0.39 is 11.9 Å². The Labute approximate surface area is 113 Å². The number of methoxy groups -OCH3 is 1. The first-order valence-corrected chi connectivity index (χ1v) is 6.62. The average molecular weight is 268 g/mol. The van der Waals surface area contributed by atoms with Crippen LogP contribution in [-0.4, -0.2) is 24.4 Å². The highest BCUT2D eigenvalue weighted by atomic mass is 19.1. The molecule has 1 saturated heterocycles. The zero-order chi connectivity index (χ0) is 14.2. The standard InChI is InChI=1S/C15H21FO3/c1-8-9(2)19-10(3)14(8)15(17)12-6-5-11(18-4)7-13(12)16/h5-10,14-15,17H,1-4H3. The molecule has 1 aromatic rings. The van der Waals surface area contributed by atoms with Crippen LogP contribution in [-0.2, 0) is 4.74 Å². The second-order valence-corrected chi connectivity index (χ2v) is 5.32. The summed E-state index contributed by atoms with van der Waals surface area (Å²) < 4.78 is 24.7. The molecule has 0 radical (unpaired) electrons. The minimum absolute atomic E-state index is 0.0796. The third-order valence-corrected chi connectivity index (χ3v) is 4.21. The Balaban J connectivity index is 2.26. The number of hydrogen-bond donors (Lipinski definition) is 1. The molecule has 0 aliphatic carbocycles. The summed E-state index contributed by atoms with van der Waals surface area (Å²) in [6, 6.07) is 4.55. The Morgan fingerprint density at radius 1 is 1.26 bits per heavy atom. The van der Waals surface area contributed by atoms with Crippen LogP contribution < -0.4 is 4.74 Å². The molecule has 4 heteroatoms. The summed E-state index contributed by atoms with van der Waals surface area (Å²) in [5.74, 6) is 0.0980. The quantitative estimate of drug-likeness (QED) is 0.916. The molecule has 0 saturated carbocycles. The molecule has 3 nitrogen and oxygen atoms in total. The van der Waals surface area contributed by atoms with E-state index in [-0.39, 0.29) is 24.0 Å². The number of hydrogen-bond acceptors (Lipinski definition) is 3. The highest BCUT2D eigenvalue weighted by molar-refractivity contribution is 5.30. The average Bonchev–Trinajstić information content (AvgIpc) is 2.62. The minimum atomic E-state index is -0.860. The van der Waals surface area contributed by atoms with Gasteiger partial charge in [-0.25, -0.2) is 4.39 Å². The lowest BCUT2D eigenvalue weighted by atomic mass is 9.82. The molecule has 0 bridgehead atoms. The molecule has 1 N–H and O–H groups in total. The monoisotopic (exact) mass is 268 g/mol. The van der Waals surface area contributed by atoms with E-state index >= 15 is 0 Å². The van der Waals surface area contributed by atoms with Crippen molar-refractivity contribution in [3.63, 3.8) is 0 Å². The highest BCUT2D eigenvalue weighted by Gasteiger charge is 2.42. The number of rotatable bonds is 3. The molecule has 5 unspecified atom stereocenters. The van der Waals surface area contributed by atoms with Gasteiger partial charge in [-0.15, -0.1) is 0 Å². The van der Waals surface area contributed by atoms with Gasteiger partial charge in [0, 0.05) is 17.5 Å². The van der Waals surface area contributed by atoms with Crippen LogP contribution in [0.1, 0.15) is 32.4 Å². The molecule has 1 heterocycles. The lowest BCUT2D eigenvalue weighted by molar-refractivity contribution is 0.0220. The van der Waals surface area contributed by atoms with Crippen molar-refractivity contribution in [1.82, 2.24) is 0 Å². The molecular formula is C15H21FO3. The van der Waals surface area contributed by atoms with Crippen LogP contribution in [0.3, 0.4) is 0 Å². The minimum Gasteiger partial charge on any atom is -0.497 e. The van der Waals surface area contributed by atoms with Crippen molar-refractivity contribution in [2.45, 2.75) is 39.1 Å². The van der Waals surface area contributed by atoms with Crippen LogP contribution in [0.25, 0.3) is 0 Å². The molecule has 1 fully saturated rings. The fourth-order valence-electron chi connectivity index (χ4n) is 2.92. The first-order chi connectivity index (χ1) is 8.95. The van der Waals surface area contributed by atoms with Gasteiger partial charge in [0.25, 0.3) is 0 Å². The Kier molecular flexibility index (Phi) is 4.11. The third-order valence-electron chi connectivity index (χ3n) is 4.21. The van der Waals surface area contributed by atoms with Gasteiger partial charge in [0.1, 0.15) is 11.6 Å². The molecule has 19 heavy (non-hydrogen) atoms. The topological polar surface area (TPSA) is 38.7 Å². The third kappa shape index (κ3) is 2.60. The summed E-state index contributed by atoms with van der Waals surface area (Å²) in [6.45, 7) is 5.94. The Hall–Kier alpha value is -1.13. The summed E-state index contributed by atoms with van der Waals surface area (Å²) in [4.78, 5) is 0. The number of aliphatic hydroxyl groups excluding tert-OH is 1. The van der Waals surface area contributed by atoms with Crippen molar-refractivity contribution in [3.05, 3.63) is 29.6 Å². The largest absolute Gasteiger partial charge is 0.497 e. The van der Waals surface area contributed by atoms with Gasteiger partial charge in [-0.05, 0) is 31.9 Å². The first kappa shape index (κ1) is 14.3. The Morgan fingerprint density at radius 3 is 2.42 bits per heavy atom. The van der Waals surface area contributed by atoms with Gasteiger partial charge in [-0.1, -0.05) is 6.92 Å². The van der Waals surface area contributed by atoms with Crippen molar-refractivity contribution in [2.24, 2.45) is 11.8 Å². The van der Waals surface area contributed by atoms with Crippen molar-refractivity contribution in [3.8, 4) is 5.75 Å². The van der Waals surface area contributed by atoms with Crippen LogP contribution in [0, 0.1) is 17.7 Å². The van der Waals surface area contributed by atoms with Crippen LogP contribution in [0.4, 0.5) is 4.39 Å². The molecule has 1 aliphatic heterocycles. The molecule has 0 spiro atoms. The van der Waals surface area contributed by atoms with Crippen molar-refractivity contribution >= 4 is 0 Å². The second-order valence-electron chi connectivity index (χ2n) is 5.32. The van der Waals surface area contributed by atoms with Crippen LogP contribution in [0.2, 0.25) is 0 Å². The van der Waals surface area contributed by atoms with E-state index in [9.17, 15) is 9.50 Å². The summed E-state index contributed by atoms with van der Waals surface area (Å²) in [5, 5.41) is 10.5. The van der Waals surface area contributed by atoms with Crippen LogP contribution in [0.15, 0.2) is 18.2 Å². The van der Waals surface area contributed by atoms with E-state index in [0.29, 0.717) is 11.3 Å². The maximum atomic E-state index is 14.0. The summed E-state index contributed by atoms with van der Waals surface area (Å²) >= 11 is 0. The first-order valence-electron chi connectivity index (χ1n) is 6.62. The maximum Gasteiger partial charge on any atom is 0.132 e. The van der Waals surface area contributed by atoms with Crippen molar-refractivity contribution in [2.75, 3.05) is 7.11 Å². The van der Waals surface area contributed by atoms with Crippen molar-refractivity contribution in [1.29, 1.82) is 0 Å². The lowest BCUT2D eigenvalue weighted by Crippen LogP contribution is -2.25. The molecule has 106 valence electrons. The van der Waals surface area contributed by atoms with Gasteiger partial charge in [0.05, 0.1) is 25.4 Å². The summed E-state index contributed by atoms with van der Waals surface area (Å²) in [6.07, 6.45) is -0.863. The van der Waals surface area contributed by atoms with Gasteiger partial charge in [0.2, 0.25) is 0 Å². The number of halogens is 1. The molecule has 2 rings (SSSR count). The van der Waals surface area contributed by atoms with Gasteiger partial charge in [-0.2, -0.15) is 0 Å². The SMILES string of the molecule is COc1ccc(C(O)C2C(C)OC(C)C2C)c(F)c1. The normalized spacial score (nSPS) is 32.3. The zero-order valence-electron chi connectivity index (χ0n) is 11.8.